The van der Waals surface area contributed by atoms with Gasteiger partial charge in [-0.25, -0.2) is 0 Å². The lowest BCUT2D eigenvalue weighted by molar-refractivity contribution is -0.384. The van der Waals surface area contributed by atoms with Crippen LogP contribution >= 0.6 is 0 Å². The molecule has 0 aliphatic heterocycles. The minimum atomic E-state index is -0.479. The quantitative estimate of drug-likeness (QED) is 0.390. The summed E-state index contributed by atoms with van der Waals surface area (Å²) in [6.07, 6.45) is 2.22. The Balaban J connectivity index is 1.67. The van der Waals surface area contributed by atoms with Crippen LogP contribution in [0, 0.1) is 10.1 Å². The summed E-state index contributed by atoms with van der Waals surface area (Å²) in [5.41, 5.74) is 1.69. The molecule has 0 fully saturated rings. The Morgan fingerprint density at radius 1 is 1.16 bits per heavy atom. The van der Waals surface area contributed by atoms with Crippen molar-refractivity contribution in [3.05, 3.63) is 81.7 Å². The molecule has 0 saturated heterocycles. The molecule has 0 unspecified atom stereocenters. The summed E-state index contributed by atoms with van der Waals surface area (Å²) in [6, 6.07) is 12.6. The Labute approximate surface area is 184 Å². The largest absolute Gasteiger partial charge is 0.489 e. The van der Waals surface area contributed by atoms with Gasteiger partial charge in [-0.1, -0.05) is 19.1 Å². The molecule has 0 aliphatic rings. The first-order chi connectivity index (χ1) is 15.4. The molecule has 2 amide bonds. The SMILES string of the molecule is CCCNC(=O)c1c(NC(=O)c2cccc(COc3ccc([N+](=O)[O-])cc3)c2)cnn1C. The minimum absolute atomic E-state index is 0.0193. The third-order valence-electron chi connectivity index (χ3n) is 4.58. The Morgan fingerprint density at radius 2 is 1.91 bits per heavy atom. The zero-order valence-electron chi connectivity index (χ0n) is 17.7. The van der Waals surface area contributed by atoms with Gasteiger partial charge in [0.25, 0.3) is 17.5 Å². The highest BCUT2D eigenvalue weighted by atomic mass is 16.6. The number of nitrogens with one attached hydrogen (secondary N) is 2. The molecule has 32 heavy (non-hydrogen) atoms. The predicted octanol–water partition coefficient (Wildman–Crippen LogP) is 3.30. The molecule has 0 radical (unpaired) electrons. The first-order valence-electron chi connectivity index (χ1n) is 9.96. The molecule has 0 bridgehead atoms. The lowest BCUT2D eigenvalue weighted by Crippen LogP contribution is -2.27. The Morgan fingerprint density at radius 3 is 2.59 bits per heavy atom. The van der Waals surface area contributed by atoms with Crippen LogP contribution in [0.2, 0.25) is 0 Å². The molecule has 166 valence electrons. The molecule has 2 aromatic carbocycles. The van der Waals surface area contributed by atoms with Gasteiger partial charge >= 0.3 is 0 Å². The minimum Gasteiger partial charge on any atom is -0.489 e. The first kappa shape index (κ1) is 22.5. The van der Waals surface area contributed by atoms with Crippen molar-refractivity contribution < 1.29 is 19.2 Å². The average Bonchev–Trinajstić information content (AvgIpc) is 3.16. The number of aromatic nitrogens is 2. The number of amides is 2. The zero-order chi connectivity index (χ0) is 23.1. The number of nitro groups is 1. The number of nitrogens with zero attached hydrogens (tertiary/aromatic N) is 3. The summed E-state index contributed by atoms with van der Waals surface area (Å²) in [5, 5.41) is 20.3. The van der Waals surface area contributed by atoms with Gasteiger partial charge in [0.1, 0.15) is 18.1 Å². The summed E-state index contributed by atoms with van der Waals surface area (Å²) in [6.45, 7) is 2.65. The maximum absolute atomic E-state index is 12.8. The molecular weight excluding hydrogens is 414 g/mol. The number of benzene rings is 2. The van der Waals surface area contributed by atoms with Gasteiger partial charge < -0.3 is 15.4 Å². The van der Waals surface area contributed by atoms with E-state index in [0.717, 1.165) is 12.0 Å². The normalized spacial score (nSPS) is 10.4. The number of hydrogen-bond acceptors (Lipinski definition) is 6. The molecule has 3 aromatic rings. The van der Waals surface area contributed by atoms with Gasteiger partial charge in [-0.15, -0.1) is 0 Å². The van der Waals surface area contributed by atoms with E-state index in [0.29, 0.717) is 23.5 Å². The van der Waals surface area contributed by atoms with Gasteiger partial charge in [-0.3, -0.25) is 24.4 Å². The van der Waals surface area contributed by atoms with Crippen LogP contribution in [0.3, 0.4) is 0 Å². The van der Waals surface area contributed by atoms with Gasteiger partial charge in [0.05, 0.1) is 16.8 Å². The molecule has 0 saturated carbocycles. The Kier molecular flexibility index (Phi) is 7.17. The van der Waals surface area contributed by atoms with E-state index in [9.17, 15) is 19.7 Å². The van der Waals surface area contributed by atoms with E-state index in [1.807, 2.05) is 6.92 Å². The number of hydrogen-bond donors (Lipinski definition) is 2. The molecule has 10 nitrogen and oxygen atoms in total. The monoisotopic (exact) mass is 437 g/mol. The third-order valence-corrected chi connectivity index (χ3v) is 4.58. The molecule has 1 heterocycles. The van der Waals surface area contributed by atoms with E-state index in [2.05, 4.69) is 15.7 Å². The van der Waals surface area contributed by atoms with Crippen molar-refractivity contribution in [3.63, 3.8) is 0 Å². The highest BCUT2D eigenvalue weighted by Crippen LogP contribution is 2.19. The number of anilines is 1. The lowest BCUT2D eigenvalue weighted by atomic mass is 10.1. The predicted molar refractivity (Wildman–Crippen MR) is 118 cm³/mol. The van der Waals surface area contributed by atoms with Gasteiger partial charge in [0, 0.05) is 31.3 Å². The second-order valence-corrected chi connectivity index (χ2v) is 6.98. The smallest absolute Gasteiger partial charge is 0.271 e. The molecular formula is C22H23N5O5. The van der Waals surface area contributed by atoms with Gasteiger partial charge in [-0.05, 0) is 36.2 Å². The van der Waals surface area contributed by atoms with Crippen molar-refractivity contribution in [1.29, 1.82) is 0 Å². The Bertz CT molecular complexity index is 1120. The number of rotatable bonds is 9. The van der Waals surface area contributed by atoms with Crippen LogP contribution in [0.5, 0.6) is 5.75 Å². The summed E-state index contributed by atoms with van der Waals surface area (Å²) >= 11 is 0. The van der Waals surface area contributed by atoms with E-state index >= 15 is 0 Å². The van der Waals surface area contributed by atoms with Gasteiger partial charge in [0.15, 0.2) is 0 Å². The van der Waals surface area contributed by atoms with Gasteiger partial charge in [-0.2, -0.15) is 5.10 Å². The first-order valence-corrected chi connectivity index (χ1v) is 9.96. The molecule has 3 rings (SSSR count). The van der Waals surface area contributed by atoms with Crippen molar-refractivity contribution in [2.45, 2.75) is 20.0 Å². The van der Waals surface area contributed by atoms with Crippen molar-refractivity contribution >= 4 is 23.2 Å². The van der Waals surface area contributed by atoms with E-state index in [1.165, 1.54) is 35.1 Å². The molecule has 10 heteroatoms. The van der Waals surface area contributed by atoms with E-state index in [-0.39, 0.29) is 29.8 Å². The number of non-ortho nitro benzene ring substituents is 1. The van der Waals surface area contributed by atoms with Crippen molar-refractivity contribution in [2.75, 3.05) is 11.9 Å². The summed E-state index contributed by atoms with van der Waals surface area (Å²) in [4.78, 5) is 35.4. The second-order valence-electron chi connectivity index (χ2n) is 6.98. The highest BCUT2D eigenvalue weighted by molar-refractivity contribution is 6.08. The second kappa shape index (κ2) is 10.2. The fourth-order valence-electron chi connectivity index (χ4n) is 2.95. The fraction of sp³-hybridized carbons (Fsp3) is 0.227. The van der Waals surface area contributed by atoms with E-state index < -0.39 is 4.92 Å². The maximum Gasteiger partial charge on any atom is 0.271 e. The number of nitro benzene ring substituents is 1. The van der Waals surface area contributed by atoms with Crippen LogP contribution in [0.25, 0.3) is 0 Å². The standard InChI is InChI=1S/C22H23N5O5/c1-3-11-23-22(29)20-19(13-24-26(20)2)25-21(28)16-6-4-5-15(12-16)14-32-18-9-7-17(8-10-18)27(30)31/h4-10,12-13H,3,11,14H2,1-2H3,(H,23,29)(H,25,28). The van der Waals surface area contributed by atoms with Crippen LogP contribution in [0.4, 0.5) is 11.4 Å². The third kappa shape index (κ3) is 5.48. The van der Waals surface area contributed by atoms with Crippen LogP contribution < -0.4 is 15.4 Å². The van der Waals surface area contributed by atoms with Crippen LogP contribution in [0.1, 0.15) is 39.8 Å². The van der Waals surface area contributed by atoms with Crippen molar-refractivity contribution in [2.24, 2.45) is 7.05 Å². The molecule has 1 aromatic heterocycles. The maximum atomic E-state index is 12.8. The fourth-order valence-corrected chi connectivity index (χ4v) is 2.95. The van der Waals surface area contributed by atoms with Gasteiger partial charge in [0.2, 0.25) is 0 Å². The number of ether oxygens (including phenoxy) is 1. The van der Waals surface area contributed by atoms with Crippen LogP contribution in [-0.4, -0.2) is 33.1 Å². The summed E-state index contributed by atoms with van der Waals surface area (Å²) in [7, 11) is 1.63. The van der Waals surface area contributed by atoms with Crippen LogP contribution in [0.15, 0.2) is 54.7 Å². The molecule has 2 N–H and O–H groups in total. The zero-order valence-corrected chi connectivity index (χ0v) is 17.7. The number of carbonyl (C=O) groups is 2. The molecule has 0 spiro atoms. The Hall–Kier alpha value is -4.21. The topological polar surface area (TPSA) is 128 Å². The highest BCUT2D eigenvalue weighted by Gasteiger charge is 2.19. The number of carbonyl (C=O) groups excluding carboxylic acids is 2. The van der Waals surface area contributed by atoms with E-state index in [1.54, 1.807) is 31.3 Å². The molecule has 0 atom stereocenters. The van der Waals surface area contributed by atoms with Crippen LogP contribution in [-0.2, 0) is 13.7 Å². The number of aryl methyl sites for hydroxylation is 1. The molecule has 0 aliphatic carbocycles. The summed E-state index contributed by atoms with van der Waals surface area (Å²) < 4.78 is 7.06. The van der Waals surface area contributed by atoms with Crippen molar-refractivity contribution in [1.82, 2.24) is 15.1 Å². The lowest BCUT2D eigenvalue weighted by Gasteiger charge is -2.10. The summed E-state index contributed by atoms with van der Waals surface area (Å²) in [5.74, 6) is -0.226. The average molecular weight is 437 g/mol. The van der Waals surface area contributed by atoms with E-state index in [4.69, 9.17) is 4.74 Å². The van der Waals surface area contributed by atoms with Crippen molar-refractivity contribution in [3.8, 4) is 5.75 Å².